The number of hydrogen-bond donors (Lipinski definition) is 1. The van der Waals surface area contributed by atoms with Crippen LogP contribution in [0.3, 0.4) is 0 Å². The van der Waals surface area contributed by atoms with Crippen LogP contribution in [-0.2, 0) is 4.79 Å². The number of piperazine rings is 3. The summed E-state index contributed by atoms with van der Waals surface area (Å²) >= 11 is 18.1. The number of amides is 1. The average molecular weight is 350 g/mol. The number of carbonyl (C=O) groups excluding carboxylic acids is 1. The molecule has 0 unspecified atom stereocenters. The monoisotopic (exact) mass is 348 g/mol. The van der Waals surface area contributed by atoms with Gasteiger partial charge >= 0.3 is 0 Å². The maximum absolute atomic E-state index is 12.4. The molecule has 1 N–H and O–H groups in total. The highest BCUT2D eigenvalue weighted by Crippen LogP contribution is 2.33. The number of fused-ring (bicyclic) bond motifs is 3. The van der Waals surface area contributed by atoms with E-state index in [4.69, 9.17) is 34.8 Å². The highest BCUT2D eigenvalue weighted by molar-refractivity contribution is 6.42. The fourth-order valence-electron chi connectivity index (χ4n) is 3.11. The molecule has 3 fully saturated rings. The molecule has 7 heteroatoms. The lowest BCUT2D eigenvalue weighted by Gasteiger charge is -2.50. The number of rotatable bonds is 3. The Balaban J connectivity index is 1.69. The minimum atomic E-state index is -0.0449. The van der Waals surface area contributed by atoms with Gasteiger partial charge in [0.05, 0.1) is 35.4 Å². The van der Waals surface area contributed by atoms with Crippen molar-refractivity contribution in [2.24, 2.45) is 0 Å². The first kappa shape index (κ1) is 15.4. The van der Waals surface area contributed by atoms with E-state index in [0.717, 1.165) is 43.8 Å². The van der Waals surface area contributed by atoms with Crippen molar-refractivity contribution in [3.8, 4) is 0 Å². The van der Waals surface area contributed by atoms with E-state index in [1.165, 1.54) is 0 Å². The minimum absolute atomic E-state index is 0.0449. The summed E-state index contributed by atoms with van der Waals surface area (Å²) in [7, 11) is 0. The SMILES string of the molecule is O=C(C[N+]12CCN(CC1)CC2)Nc1c(Cl)cc(Cl)cc1Cl. The normalized spacial score (nSPS) is 27.7. The lowest BCUT2D eigenvalue weighted by Crippen LogP contribution is -2.68. The zero-order valence-corrected chi connectivity index (χ0v) is 13.8. The van der Waals surface area contributed by atoms with Crippen LogP contribution in [0.25, 0.3) is 0 Å². The molecule has 0 radical (unpaired) electrons. The Morgan fingerprint density at radius 3 is 2.14 bits per heavy atom. The summed E-state index contributed by atoms with van der Waals surface area (Å²) in [5.74, 6) is -0.0449. The minimum Gasteiger partial charge on any atom is -0.319 e. The molecule has 21 heavy (non-hydrogen) atoms. The number of benzene rings is 1. The Morgan fingerprint density at radius 2 is 1.62 bits per heavy atom. The third-order valence-corrected chi connectivity index (χ3v) is 5.24. The van der Waals surface area contributed by atoms with Crippen LogP contribution in [-0.4, -0.2) is 61.1 Å². The van der Waals surface area contributed by atoms with E-state index in [9.17, 15) is 4.79 Å². The van der Waals surface area contributed by atoms with Crippen LogP contribution in [0.1, 0.15) is 0 Å². The van der Waals surface area contributed by atoms with Gasteiger partial charge in [0.2, 0.25) is 0 Å². The number of carbonyl (C=O) groups is 1. The van der Waals surface area contributed by atoms with E-state index >= 15 is 0 Å². The number of nitrogens with one attached hydrogen (secondary N) is 1. The Hall–Kier alpha value is -0.520. The summed E-state index contributed by atoms with van der Waals surface area (Å²) in [5.41, 5.74) is 0.446. The van der Waals surface area contributed by atoms with Crippen LogP contribution in [0.2, 0.25) is 15.1 Å². The fraction of sp³-hybridized carbons (Fsp3) is 0.500. The van der Waals surface area contributed by atoms with Crippen LogP contribution in [0.15, 0.2) is 12.1 Å². The van der Waals surface area contributed by atoms with Gasteiger partial charge in [-0.15, -0.1) is 0 Å². The Labute approximate surface area is 139 Å². The molecular weight excluding hydrogens is 333 g/mol. The zero-order chi connectivity index (χ0) is 15.0. The molecule has 1 aromatic carbocycles. The number of anilines is 1. The van der Waals surface area contributed by atoms with E-state index in [-0.39, 0.29) is 5.91 Å². The van der Waals surface area contributed by atoms with Gasteiger partial charge in [-0.2, -0.15) is 0 Å². The molecule has 2 bridgehead atoms. The average Bonchev–Trinajstić information content (AvgIpc) is 2.44. The number of quaternary nitrogens is 1. The standard InChI is InChI=1S/C14H16Cl3N3O/c15-10-7-11(16)14(12(17)8-10)18-13(21)9-20-4-1-19(2-5-20)3-6-20/h7-8H,1-6,9H2/p+1. The van der Waals surface area contributed by atoms with Crippen molar-refractivity contribution in [2.45, 2.75) is 0 Å². The van der Waals surface area contributed by atoms with Crippen molar-refractivity contribution in [2.75, 3.05) is 51.1 Å². The van der Waals surface area contributed by atoms with Gasteiger partial charge < -0.3 is 9.80 Å². The molecule has 4 nitrogen and oxygen atoms in total. The molecule has 0 spiro atoms. The molecule has 114 valence electrons. The van der Waals surface area contributed by atoms with Crippen molar-refractivity contribution in [3.63, 3.8) is 0 Å². The largest absolute Gasteiger partial charge is 0.319 e. The van der Waals surface area contributed by atoms with E-state index in [2.05, 4.69) is 10.2 Å². The van der Waals surface area contributed by atoms with Gasteiger partial charge in [0, 0.05) is 24.7 Å². The molecule has 0 aromatic heterocycles. The van der Waals surface area contributed by atoms with Crippen molar-refractivity contribution in [1.82, 2.24) is 4.90 Å². The van der Waals surface area contributed by atoms with Crippen LogP contribution in [0.4, 0.5) is 5.69 Å². The third-order valence-electron chi connectivity index (χ3n) is 4.42. The summed E-state index contributed by atoms with van der Waals surface area (Å²) < 4.78 is 0.866. The van der Waals surface area contributed by atoms with E-state index in [0.29, 0.717) is 27.3 Å². The van der Waals surface area contributed by atoms with Crippen molar-refractivity contribution < 1.29 is 9.28 Å². The smallest absolute Gasteiger partial charge is 0.279 e. The first-order valence-electron chi connectivity index (χ1n) is 6.99. The summed E-state index contributed by atoms with van der Waals surface area (Å²) in [6, 6.07) is 3.16. The summed E-state index contributed by atoms with van der Waals surface area (Å²) in [6.07, 6.45) is 0. The van der Waals surface area contributed by atoms with Crippen LogP contribution in [0.5, 0.6) is 0 Å². The topological polar surface area (TPSA) is 32.3 Å². The molecule has 0 saturated carbocycles. The second-order valence-electron chi connectivity index (χ2n) is 5.80. The summed E-state index contributed by atoms with van der Waals surface area (Å²) in [4.78, 5) is 14.8. The maximum atomic E-state index is 12.4. The van der Waals surface area contributed by atoms with E-state index in [1.807, 2.05) is 0 Å². The van der Waals surface area contributed by atoms with Gasteiger partial charge in [0.25, 0.3) is 5.91 Å². The Bertz CT molecular complexity index is 534. The Kier molecular flexibility index (Phi) is 4.35. The number of halogens is 3. The van der Waals surface area contributed by atoms with Gasteiger partial charge in [0.1, 0.15) is 0 Å². The van der Waals surface area contributed by atoms with Crippen LogP contribution < -0.4 is 5.32 Å². The van der Waals surface area contributed by atoms with Gasteiger partial charge in [-0.05, 0) is 12.1 Å². The quantitative estimate of drug-likeness (QED) is 0.851. The molecule has 1 amide bonds. The maximum Gasteiger partial charge on any atom is 0.279 e. The van der Waals surface area contributed by atoms with Crippen molar-refractivity contribution in [1.29, 1.82) is 0 Å². The fourth-order valence-corrected chi connectivity index (χ4v) is 4.03. The Morgan fingerprint density at radius 1 is 1.10 bits per heavy atom. The second-order valence-corrected chi connectivity index (χ2v) is 7.06. The van der Waals surface area contributed by atoms with Gasteiger partial charge in [-0.25, -0.2) is 0 Å². The third kappa shape index (κ3) is 3.30. The molecule has 0 atom stereocenters. The molecule has 3 saturated heterocycles. The van der Waals surface area contributed by atoms with Gasteiger partial charge in [0.15, 0.2) is 6.54 Å². The predicted molar refractivity (Wildman–Crippen MR) is 86.3 cm³/mol. The van der Waals surface area contributed by atoms with Crippen molar-refractivity contribution in [3.05, 3.63) is 27.2 Å². The molecule has 3 heterocycles. The van der Waals surface area contributed by atoms with Gasteiger partial charge in [-0.1, -0.05) is 34.8 Å². The van der Waals surface area contributed by atoms with E-state index < -0.39 is 0 Å². The molecule has 4 rings (SSSR count). The lowest BCUT2D eigenvalue weighted by atomic mass is 10.1. The second kappa shape index (κ2) is 5.94. The first-order valence-corrected chi connectivity index (χ1v) is 8.13. The van der Waals surface area contributed by atoms with Gasteiger partial charge in [-0.3, -0.25) is 9.69 Å². The summed E-state index contributed by atoms with van der Waals surface area (Å²) in [6.45, 7) is 6.82. The van der Waals surface area contributed by atoms with Crippen LogP contribution in [0, 0.1) is 0 Å². The lowest BCUT2D eigenvalue weighted by molar-refractivity contribution is -0.933. The molecule has 3 aliphatic rings. The molecule has 0 aliphatic carbocycles. The highest BCUT2D eigenvalue weighted by atomic mass is 35.5. The van der Waals surface area contributed by atoms with Crippen LogP contribution >= 0.6 is 34.8 Å². The highest BCUT2D eigenvalue weighted by Gasteiger charge is 2.39. The zero-order valence-electron chi connectivity index (χ0n) is 11.5. The molecule has 3 aliphatic heterocycles. The predicted octanol–water partition coefficient (Wildman–Crippen LogP) is 2.73. The first-order chi connectivity index (χ1) is 9.97. The molecule has 1 aromatic rings. The number of hydrogen-bond acceptors (Lipinski definition) is 2. The number of nitrogens with zero attached hydrogens (tertiary/aromatic N) is 2. The summed E-state index contributed by atoms with van der Waals surface area (Å²) in [5, 5.41) is 4.02. The molecular formula is C14H17Cl3N3O+. The van der Waals surface area contributed by atoms with E-state index in [1.54, 1.807) is 12.1 Å². The van der Waals surface area contributed by atoms with Crippen molar-refractivity contribution >= 4 is 46.4 Å².